The summed E-state index contributed by atoms with van der Waals surface area (Å²) in [6.45, 7) is 7.90. The number of ether oxygens (including phenoxy) is 1. The molecule has 0 fully saturated rings. The number of carboxylic acid groups (broad SMARTS) is 1. The number of aliphatic carboxylic acids is 1. The lowest BCUT2D eigenvalue weighted by Gasteiger charge is -2.26. The monoisotopic (exact) mass is 351 g/mol. The number of benzene rings is 1. The molecule has 0 aliphatic carbocycles. The highest BCUT2D eigenvalue weighted by atomic mass is 16.5. The molecule has 0 saturated heterocycles. The van der Waals surface area contributed by atoms with Gasteiger partial charge in [-0.2, -0.15) is 0 Å². The van der Waals surface area contributed by atoms with Gasteiger partial charge in [0.2, 0.25) is 0 Å². The minimum absolute atomic E-state index is 0.231. The average Bonchev–Trinajstić information content (AvgIpc) is 2.50. The zero-order valence-corrected chi connectivity index (χ0v) is 15.8. The van der Waals surface area contributed by atoms with Gasteiger partial charge < -0.3 is 25.8 Å². The van der Waals surface area contributed by atoms with E-state index < -0.39 is 30.1 Å². The molecule has 0 bridgehead atoms. The van der Waals surface area contributed by atoms with E-state index in [4.69, 9.17) is 15.6 Å². The molecule has 0 amide bonds. The molecule has 4 N–H and O–H groups in total. The highest BCUT2D eigenvalue weighted by Gasteiger charge is 2.30. The predicted octanol–water partition coefficient (Wildman–Crippen LogP) is 1.30. The molecule has 1 rings (SSSR count). The molecular formula is C18H29N3O4. The number of rotatable bonds is 8. The fourth-order valence-electron chi connectivity index (χ4n) is 2.40. The maximum Gasteiger partial charge on any atom is 0.328 e. The van der Waals surface area contributed by atoms with E-state index in [9.17, 15) is 9.59 Å². The number of esters is 1. The normalized spacial score (nSPS) is 14.7. The summed E-state index contributed by atoms with van der Waals surface area (Å²) in [4.78, 5) is 25.2. The Bertz CT molecular complexity index is 631. The molecule has 7 heteroatoms. The second-order valence-corrected chi connectivity index (χ2v) is 6.72. The molecule has 0 spiro atoms. The first-order chi connectivity index (χ1) is 11.5. The zero-order valence-electron chi connectivity index (χ0n) is 15.8. The van der Waals surface area contributed by atoms with E-state index in [2.05, 4.69) is 5.32 Å². The number of aryl methyl sites for hydroxylation is 3. The second kappa shape index (κ2) is 8.82. The number of carbonyl (C=O) groups excluding carboxylic acids is 1. The molecule has 2 unspecified atom stereocenters. The van der Waals surface area contributed by atoms with Gasteiger partial charge in [0.15, 0.2) is 0 Å². The Balaban J connectivity index is 2.83. The minimum Gasteiger partial charge on any atom is -0.480 e. The largest absolute Gasteiger partial charge is 0.480 e. The summed E-state index contributed by atoms with van der Waals surface area (Å²) in [6.07, 6.45) is -0.926. The van der Waals surface area contributed by atoms with Crippen LogP contribution in [-0.4, -0.2) is 60.8 Å². The van der Waals surface area contributed by atoms with Gasteiger partial charge in [-0.1, -0.05) is 6.07 Å². The third-order valence-electron chi connectivity index (χ3n) is 4.06. The van der Waals surface area contributed by atoms with Gasteiger partial charge in [-0.15, -0.1) is 0 Å². The highest BCUT2D eigenvalue weighted by molar-refractivity contribution is 5.80. The van der Waals surface area contributed by atoms with Crippen LogP contribution in [0.1, 0.15) is 23.6 Å². The maximum absolute atomic E-state index is 12.4. The van der Waals surface area contributed by atoms with Crippen molar-refractivity contribution in [1.29, 1.82) is 0 Å². The Kier molecular flexibility index (Phi) is 7.38. The molecule has 0 aromatic heterocycles. The summed E-state index contributed by atoms with van der Waals surface area (Å²) >= 11 is 0. The van der Waals surface area contributed by atoms with Gasteiger partial charge in [0.25, 0.3) is 0 Å². The van der Waals surface area contributed by atoms with Gasteiger partial charge in [0.1, 0.15) is 18.2 Å². The number of carboxylic acids is 1. The van der Waals surface area contributed by atoms with Crippen molar-refractivity contribution in [1.82, 2.24) is 4.90 Å². The topological polar surface area (TPSA) is 105 Å². The molecule has 0 aliphatic rings. The maximum atomic E-state index is 12.4. The van der Waals surface area contributed by atoms with E-state index >= 15 is 0 Å². The van der Waals surface area contributed by atoms with Crippen molar-refractivity contribution < 1.29 is 19.4 Å². The van der Waals surface area contributed by atoms with Crippen LogP contribution >= 0.6 is 0 Å². The third-order valence-corrected chi connectivity index (χ3v) is 4.06. The van der Waals surface area contributed by atoms with Crippen LogP contribution in [0, 0.1) is 20.8 Å². The van der Waals surface area contributed by atoms with Crippen LogP contribution in [0.3, 0.4) is 0 Å². The Hall–Kier alpha value is -2.12. The molecule has 0 saturated carbocycles. The van der Waals surface area contributed by atoms with Crippen LogP contribution in [0.25, 0.3) is 0 Å². The molecule has 0 radical (unpaired) electrons. The Morgan fingerprint density at radius 3 is 2.28 bits per heavy atom. The van der Waals surface area contributed by atoms with Crippen molar-refractivity contribution in [2.75, 3.05) is 26.0 Å². The fourth-order valence-corrected chi connectivity index (χ4v) is 2.40. The van der Waals surface area contributed by atoms with E-state index in [0.717, 1.165) is 16.8 Å². The summed E-state index contributed by atoms with van der Waals surface area (Å²) in [7, 11) is 3.52. The van der Waals surface area contributed by atoms with Crippen LogP contribution in [-0.2, 0) is 14.3 Å². The van der Waals surface area contributed by atoms with Crippen molar-refractivity contribution in [2.24, 2.45) is 5.73 Å². The second-order valence-electron chi connectivity index (χ2n) is 6.72. The van der Waals surface area contributed by atoms with Crippen molar-refractivity contribution in [3.05, 3.63) is 28.8 Å². The summed E-state index contributed by atoms with van der Waals surface area (Å²) in [5.74, 6) is -1.74. The smallest absolute Gasteiger partial charge is 0.328 e. The number of likely N-dealkylation sites (N-methyl/N-ethyl adjacent to an activating group) is 1. The van der Waals surface area contributed by atoms with Crippen molar-refractivity contribution in [3.8, 4) is 0 Å². The number of carbonyl (C=O) groups is 2. The van der Waals surface area contributed by atoms with E-state index in [1.807, 2.05) is 32.9 Å². The number of anilines is 1. The predicted molar refractivity (Wildman–Crippen MR) is 97.8 cm³/mol. The molecule has 1 aromatic carbocycles. The van der Waals surface area contributed by atoms with Crippen LogP contribution in [0.4, 0.5) is 5.69 Å². The Morgan fingerprint density at radius 2 is 1.76 bits per heavy atom. The number of nitrogens with one attached hydrogen (secondary N) is 1. The van der Waals surface area contributed by atoms with Gasteiger partial charge in [0.05, 0.1) is 0 Å². The third kappa shape index (κ3) is 6.03. The Labute approximate surface area is 149 Å². The Morgan fingerprint density at radius 1 is 1.20 bits per heavy atom. The van der Waals surface area contributed by atoms with Gasteiger partial charge in [0, 0.05) is 12.2 Å². The molecule has 1 aromatic rings. The lowest BCUT2D eigenvalue weighted by atomic mass is 10.0. The lowest BCUT2D eigenvalue weighted by Crippen LogP contribution is -2.50. The lowest BCUT2D eigenvalue weighted by molar-refractivity contribution is -0.155. The van der Waals surface area contributed by atoms with Gasteiger partial charge >= 0.3 is 11.9 Å². The van der Waals surface area contributed by atoms with E-state index in [-0.39, 0.29) is 6.54 Å². The number of hydrogen-bond donors (Lipinski definition) is 3. The molecule has 7 nitrogen and oxygen atoms in total. The molecule has 3 atom stereocenters. The minimum atomic E-state index is -1.28. The summed E-state index contributed by atoms with van der Waals surface area (Å²) < 4.78 is 5.36. The quantitative estimate of drug-likeness (QED) is 0.606. The molecule has 0 heterocycles. The zero-order chi connectivity index (χ0) is 19.3. The summed E-state index contributed by atoms with van der Waals surface area (Å²) in [5.41, 5.74) is 9.81. The van der Waals surface area contributed by atoms with E-state index in [1.165, 1.54) is 5.56 Å². The first kappa shape index (κ1) is 20.9. The first-order valence-electron chi connectivity index (χ1n) is 8.21. The molecule has 25 heavy (non-hydrogen) atoms. The van der Waals surface area contributed by atoms with Crippen LogP contribution < -0.4 is 11.1 Å². The molecular weight excluding hydrogens is 322 g/mol. The average molecular weight is 351 g/mol. The number of hydrogen-bond acceptors (Lipinski definition) is 6. The molecule has 0 aliphatic heterocycles. The summed E-state index contributed by atoms with van der Waals surface area (Å²) in [6, 6.07) is 2.12. The van der Waals surface area contributed by atoms with Gasteiger partial charge in [-0.25, -0.2) is 4.79 Å². The first-order valence-corrected chi connectivity index (χ1v) is 8.21. The van der Waals surface area contributed by atoms with Crippen molar-refractivity contribution >= 4 is 17.6 Å². The van der Waals surface area contributed by atoms with Crippen LogP contribution in [0.2, 0.25) is 0 Å². The standard InChI is InChI=1S/C18H29N3O4/c1-10-7-12(3)14(8-11(10)2)20-13(4)18(24)25-15(9-21(5)6)16(19)17(22)23/h7-8,13,15-16,20H,9,19H2,1-6H3,(H,22,23)/t13-,15?,16?/m0/s1. The number of nitrogens with two attached hydrogens (primary N) is 1. The SMILES string of the molecule is Cc1cc(C)c(N[C@@H](C)C(=O)OC(CN(C)C)C(N)C(=O)O)cc1C. The van der Waals surface area contributed by atoms with Crippen molar-refractivity contribution in [2.45, 2.75) is 45.9 Å². The van der Waals surface area contributed by atoms with E-state index in [1.54, 1.807) is 25.9 Å². The fraction of sp³-hybridized carbons (Fsp3) is 0.556. The van der Waals surface area contributed by atoms with E-state index in [0.29, 0.717) is 0 Å². The van der Waals surface area contributed by atoms with Crippen molar-refractivity contribution in [3.63, 3.8) is 0 Å². The molecule has 140 valence electrons. The highest BCUT2D eigenvalue weighted by Crippen LogP contribution is 2.21. The number of nitrogens with zero attached hydrogens (tertiary/aromatic N) is 1. The van der Waals surface area contributed by atoms with Crippen LogP contribution in [0.5, 0.6) is 0 Å². The van der Waals surface area contributed by atoms with Gasteiger partial charge in [-0.3, -0.25) is 4.79 Å². The van der Waals surface area contributed by atoms with Crippen LogP contribution in [0.15, 0.2) is 12.1 Å². The van der Waals surface area contributed by atoms with Gasteiger partial charge in [-0.05, 0) is 64.5 Å². The summed E-state index contributed by atoms with van der Waals surface area (Å²) in [5, 5.41) is 12.2.